The number of hydrogen-bond donors (Lipinski definition) is 3. The lowest BCUT2D eigenvalue weighted by molar-refractivity contribution is -0.140. The molecule has 0 saturated carbocycles. The van der Waals surface area contributed by atoms with Crippen LogP contribution in [0.4, 0.5) is 0 Å². The first-order chi connectivity index (χ1) is 26.7. The van der Waals surface area contributed by atoms with Crippen molar-refractivity contribution in [3.63, 3.8) is 0 Å². The molecule has 1 fully saturated rings. The van der Waals surface area contributed by atoms with Crippen molar-refractivity contribution in [2.45, 2.75) is 64.3 Å². The highest BCUT2D eigenvalue weighted by molar-refractivity contribution is 5.96. The Hall–Kier alpha value is -4.42. The predicted octanol–water partition coefficient (Wildman–Crippen LogP) is 1.15. The number of nitrogens with zero attached hydrogens (tertiary/aromatic N) is 8. The highest BCUT2D eigenvalue weighted by Crippen LogP contribution is 2.12. The van der Waals surface area contributed by atoms with E-state index in [-0.39, 0.29) is 43.5 Å². The zero-order valence-corrected chi connectivity index (χ0v) is 33.0. The van der Waals surface area contributed by atoms with E-state index in [9.17, 15) is 44.1 Å². The highest BCUT2D eigenvalue weighted by Gasteiger charge is 2.21. The quantitative estimate of drug-likeness (QED) is 0.101. The van der Waals surface area contributed by atoms with Gasteiger partial charge in [0, 0.05) is 96.3 Å². The number of carboxylic acid groups (broad SMARTS) is 3. The minimum absolute atomic E-state index is 0.0308. The molecular weight excluding hydrogens is 724 g/mol. The summed E-state index contributed by atoms with van der Waals surface area (Å²) in [6, 6.07) is 7.31. The van der Waals surface area contributed by atoms with Crippen LogP contribution in [0.5, 0.6) is 0 Å². The molecule has 1 aliphatic rings. The van der Waals surface area contributed by atoms with Gasteiger partial charge in [0.2, 0.25) is 0 Å². The number of hydrogen-bond acceptors (Lipinski definition) is 13. The van der Waals surface area contributed by atoms with Crippen LogP contribution in [0, 0.1) is 0 Å². The number of rotatable bonds is 24. The molecule has 0 spiro atoms. The normalized spacial score (nSPS) is 15.6. The van der Waals surface area contributed by atoms with Crippen LogP contribution >= 0.6 is 0 Å². The molecule has 1 aromatic carbocycles. The number of ketones is 3. The Morgan fingerprint density at radius 2 is 1.12 bits per heavy atom. The molecule has 0 amide bonds. The van der Waals surface area contributed by atoms with Crippen molar-refractivity contribution in [1.29, 1.82) is 0 Å². The number of carboxylic acids is 3. The summed E-state index contributed by atoms with van der Waals surface area (Å²) in [7, 11) is 3.96. The number of Topliss-reactive ketones (excluding diaryl/α,β-unsaturated/α-hetero) is 3. The highest BCUT2D eigenvalue weighted by atomic mass is 16.4. The molecule has 0 aliphatic carbocycles. The molecular formula is C39H60N8O9. The molecule has 0 atom stereocenters. The largest absolute Gasteiger partial charge is 0.480 e. The van der Waals surface area contributed by atoms with E-state index in [2.05, 4.69) is 15.2 Å². The lowest BCUT2D eigenvalue weighted by Gasteiger charge is -2.32. The number of unbranched alkanes of at least 4 members (excludes halogenated alkanes) is 1. The Labute approximate surface area is 329 Å². The van der Waals surface area contributed by atoms with Crippen molar-refractivity contribution in [1.82, 2.24) is 39.5 Å². The molecule has 0 radical (unpaired) electrons. The van der Waals surface area contributed by atoms with E-state index >= 15 is 0 Å². The average Bonchev–Trinajstić information content (AvgIpc) is 3.58. The second-order valence-electron chi connectivity index (χ2n) is 14.9. The van der Waals surface area contributed by atoms with Crippen molar-refractivity contribution in [2.24, 2.45) is 0 Å². The lowest BCUT2D eigenvalue weighted by atomic mass is 10.0. The fourth-order valence-corrected chi connectivity index (χ4v) is 6.56. The van der Waals surface area contributed by atoms with E-state index in [0.717, 1.165) is 24.2 Å². The van der Waals surface area contributed by atoms with Gasteiger partial charge in [-0.1, -0.05) is 29.5 Å². The fraction of sp³-hybridized carbons (Fsp3) is 0.641. The van der Waals surface area contributed by atoms with Crippen molar-refractivity contribution in [2.75, 3.05) is 99.2 Å². The molecule has 17 nitrogen and oxygen atoms in total. The third-order valence-electron chi connectivity index (χ3n) is 9.66. The van der Waals surface area contributed by atoms with Gasteiger partial charge in [-0.05, 0) is 58.3 Å². The van der Waals surface area contributed by atoms with Crippen LogP contribution in [-0.2, 0) is 43.4 Å². The van der Waals surface area contributed by atoms with Crippen molar-refractivity contribution < 1.29 is 44.1 Å². The van der Waals surface area contributed by atoms with Crippen molar-refractivity contribution in [3.8, 4) is 0 Å². The Bertz CT molecular complexity index is 1530. The van der Waals surface area contributed by atoms with Gasteiger partial charge in [0.15, 0.2) is 5.78 Å². The maximum absolute atomic E-state index is 13.1. The Morgan fingerprint density at radius 1 is 0.625 bits per heavy atom. The summed E-state index contributed by atoms with van der Waals surface area (Å²) in [5.41, 5.74) is 2.36. The molecule has 56 heavy (non-hydrogen) atoms. The average molecular weight is 785 g/mol. The molecule has 0 unspecified atom stereocenters. The SMILES string of the molecule is CN(C)CCCC(=O)c1ccc(CC(=O)CCCc2cn(CCCCC(=O)CN3CCN(CC(=O)O)CCN(CC(=O)O)CCN(CC(=O)O)CC3)nn2)cc1. The molecule has 3 N–H and O–H groups in total. The molecule has 310 valence electrons. The topological polar surface area (TPSA) is 210 Å². The number of benzene rings is 1. The number of aromatic nitrogens is 3. The summed E-state index contributed by atoms with van der Waals surface area (Å²) < 4.78 is 1.74. The Balaban J connectivity index is 1.39. The van der Waals surface area contributed by atoms with E-state index in [0.29, 0.717) is 116 Å². The number of carbonyl (C=O) groups excluding carboxylic acids is 3. The lowest BCUT2D eigenvalue weighted by Crippen LogP contribution is -2.49. The summed E-state index contributed by atoms with van der Waals surface area (Å²) >= 11 is 0. The van der Waals surface area contributed by atoms with Crippen LogP contribution in [0.25, 0.3) is 0 Å². The van der Waals surface area contributed by atoms with Gasteiger partial charge in [0.25, 0.3) is 0 Å². The van der Waals surface area contributed by atoms with E-state index < -0.39 is 17.9 Å². The smallest absolute Gasteiger partial charge is 0.317 e. The molecule has 2 heterocycles. The van der Waals surface area contributed by atoms with Crippen LogP contribution < -0.4 is 0 Å². The van der Waals surface area contributed by atoms with Gasteiger partial charge in [-0.25, -0.2) is 0 Å². The summed E-state index contributed by atoms with van der Waals surface area (Å²) in [4.78, 5) is 81.6. The zero-order chi connectivity index (χ0) is 40.9. The molecule has 1 aromatic heterocycles. The first kappa shape index (κ1) is 46.0. The van der Waals surface area contributed by atoms with Gasteiger partial charge < -0.3 is 20.2 Å². The van der Waals surface area contributed by atoms with Gasteiger partial charge in [0.1, 0.15) is 11.6 Å². The fourth-order valence-electron chi connectivity index (χ4n) is 6.56. The van der Waals surface area contributed by atoms with Gasteiger partial charge in [0.05, 0.1) is 31.9 Å². The van der Waals surface area contributed by atoms with Crippen LogP contribution in [-0.4, -0.2) is 189 Å². The molecule has 1 aliphatic heterocycles. The maximum atomic E-state index is 13.1. The van der Waals surface area contributed by atoms with Gasteiger partial charge in [-0.2, -0.15) is 0 Å². The van der Waals surface area contributed by atoms with Gasteiger partial charge >= 0.3 is 17.9 Å². The van der Waals surface area contributed by atoms with Crippen molar-refractivity contribution in [3.05, 3.63) is 47.3 Å². The Morgan fingerprint density at radius 3 is 1.62 bits per heavy atom. The maximum Gasteiger partial charge on any atom is 0.317 e. The standard InChI is InChI=1S/C39H60N8O9/c1-42(2)15-6-10-36(50)32-13-11-31(12-14-32)25-34(48)9-5-7-33-26-47(41-40-33)16-4-3-8-35(49)27-43-17-19-44(28-37(51)52)21-23-46(30-39(55)56)24-22-45(20-18-43)29-38(53)54/h11-14,26H,3-10,15-25,27-30H2,1-2H3,(H,51,52)(H,53,54)(H,55,56). The zero-order valence-electron chi connectivity index (χ0n) is 33.0. The third kappa shape index (κ3) is 19.4. The van der Waals surface area contributed by atoms with Gasteiger partial charge in [-0.15, -0.1) is 5.10 Å². The number of aryl methyl sites for hydroxylation is 2. The van der Waals surface area contributed by atoms with Gasteiger partial charge in [-0.3, -0.25) is 53.0 Å². The van der Waals surface area contributed by atoms with Crippen LogP contribution in [0.3, 0.4) is 0 Å². The second kappa shape index (κ2) is 25.0. The van der Waals surface area contributed by atoms with Crippen LogP contribution in [0.1, 0.15) is 66.6 Å². The minimum Gasteiger partial charge on any atom is -0.480 e. The molecule has 2 aromatic rings. The van der Waals surface area contributed by atoms with E-state index in [4.69, 9.17) is 0 Å². The van der Waals surface area contributed by atoms with Crippen LogP contribution in [0.15, 0.2) is 30.5 Å². The first-order valence-corrected chi connectivity index (χ1v) is 19.5. The number of carbonyl (C=O) groups is 6. The minimum atomic E-state index is -1.01. The third-order valence-corrected chi connectivity index (χ3v) is 9.66. The molecule has 3 rings (SSSR count). The van der Waals surface area contributed by atoms with E-state index in [1.165, 1.54) is 0 Å². The summed E-state index contributed by atoms with van der Waals surface area (Å²) in [5.74, 6) is -2.74. The number of aliphatic carboxylic acids is 3. The predicted molar refractivity (Wildman–Crippen MR) is 208 cm³/mol. The molecule has 1 saturated heterocycles. The van der Waals surface area contributed by atoms with Crippen molar-refractivity contribution >= 4 is 35.3 Å². The van der Waals surface area contributed by atoms with E-state index in [1.807, 2.05) is 37.3 Å². The first-order valence-electron chi connectivity index (χ1n) is 19.5. The van der Waals surface area contributed by atoms with Crippen LogP contribution in [0.2, 0.25) is 0 Å². The molecule has 17 heteroatoms. The van der Waals surface area contributed by atoms with E-state index in [1.54, 1.807) is 31.5 Å². The summed E-state index contributed by atoms with van der Waals surface area (Å²) in [6.07, 6.45) is 6.86. The molecule has 0 bridgehead atoms. The monoisotopic (exact) mass is 784 g/mol. The summed E-state index contributed by atoms with van der Waals surface area (Å²) in [5, 5.41) is 36.6. The summed E-state index contributed by atoms with van der Waals surface area (Å²) in [6.45, 7) is 3.72. The second-order valence-corrected chi connectivity index (χ2v) is 14.9. The Kier molecular flexibility index (Phi) is 20.5.